The number of ether oxygens (including phenoxy) is 4. The molecule has 3 aromatic rings. The third-order valence-electron chi connectivity index (χ3n) is 7.00. The van der Waals surface area contributed by atoms with Crippen LogP contribution in [0, 0.1) is 0 Å². The summed E-state index contributed by atoms with van der Waals surface area (Å²) in [5.41, 5.74) is 7.39. The largest absolute Gasteiger partial charge is 0.348 e. The molecule has 0 bridgehead atoms. The van der Waals surface area contributed by atoms with Gasteiger partial charge in [-0.1, -0.05) is 64.5 Å². The first-order valence-electron chi connectivity index (χ1n) is 12.4. The van der Waals surface area contributed by atoms with Gasteiger partial charge >= 0.3 is 0 Å². The van der Waals surface area contributed by atoms with Crippen molar-refractivity contribution in [2.24, 2.45) is 0 Å². The van der Waals surface area contributed by atoms with Crippen molar-refractivity contribution in [1.82, 2.24) is 0 Å². The van der Waals surface area contributed by atoms with Gasteiger partial charge < -0.3 is 18.9 Å². The highest BCUT2D eigenvalue weighted by atomic mass is 79.9. The first kappa shape index (κ1) is 24.7. The summed E-state index contributed by atoms with van der Waals surface area (Å²) >= 11 is 3.72. The van der Waals surface area contributed by atoms with Crippen molar-refractivity contribution in [1.29, 1.82) is 0 Å². The lowest BCUT2D eigenvalue weighted by molar-refractivity contribution is -0.146. The molecular weight excluding hydrogens is 504 g/mol. The van der Waals surface area contributed by atoms with Gasteiger partial charge in [-0.2, -0.15) is 0 Å². The van der Waals surface area contributed by atoms with Crippen LogP contribution in [0.3, 0.4) is 0 Å². The van der Waals surface area contributed by atoms with Crippen molar-refractivity contribution in [3.05, 3.63) is 82.3 Å². The predicted molar refractivity (Wildman–Crippen MR) is 142 cm³/mol. The molecule has 5 heteroatoms. The zero-order valence-corrected chi connectivity index (χ0v) is 22.1. The molecule has 184 valence electrons. The van der Waals surface area contributed by atoms with E-state index in [1.807, 2.05) is 13.8 Å². The zero-order chi connectivity index (χ0) is 24.3. The summed E-state index contributed by atoms with van der Waals surface area (Å²) in [6.07, 6.45) is 3.60. The molecule has 0 amide bonds. The van der Waals surface area contributed by atoms with Crippen molar-refractivity contribution in [3.8, 4) is 22.3 Å². The minimum Gasteiger partial charge on any atom is -0.348 e. The number of halogens is 1. The van der Waals surface area contributed by atoms with E-state index in [0.29, 0.717) is 26.4 Å². The highest BCUT2D eigenvalue weighted by molar-refractivity contribution is 9.10. The van der Waals surface area contributed by atoms with Gasteiger partial charge in [0.05, 0.1) is 26.4 Å². The first-order chi connectivity index (χ1) is 16.9. The number of hydrogen-bond donors (Lipinski definition) is 0. The van der Waals surface area contributed by atoms with E-state index in [0.717, 1.165) is 30.2 Å². The molecule has 35 heavy (non-hydrogen) atoms. The SMILES string of the molecule is CC1(CCc2ccc(-c3cc(Br)cc(-c4ccc(CCC5(C)OCCO5)cc4)c3)cc2)OCCO1. The monoisotopic (exact) mass is 536 g/mol. The second-order valence-electron chi connectivity index (χ2n) is 9.78. The topological polar surface area (TPSA) is 36.9 Å². The fraction of sp³-hybridized carbons (Fsp3) is 0.400. The lowest BCUT2D eigenvalue weighted by atomic mass is 9.96. The van der Waals surface area contributed by atoms with Crippen LogP contribution < -0.4 is 0 Å². The van der Waals surface area contributed by atoms with Crippen LogP contribution in [0.25, 0.3) is 22.3 Å². The van der Waals surface area contributed by atoms with Crippen molar-refractivity contribution in [2.45, 2.75) is 51.1 Å². The number of aryl methyl sites for hydroxylation is 2. The van der Waals surface area contributed by atoms with E-state index in [1.165, 1.54) is 33.4 Å². The molecule has 2 aliphatic heterocycles. The van der Waals surface area contributed by atoms with Crippen molar-refractivity contribution < 1.29 is 18.9 Å². The van der Waals surface area contributed by atoms with Crippen molar-refractivity contribution in [3.63, 3.8) is 0 Å². The van der Waals surface area contributed by atoms with Gasteiger partial charge in [-0.3, -0.25) is 0 Å². The van der Waals surface area contributed by atoms with Crippen LogP contribution in [0.1, 0.15) is 37.8 Å². The van der Waals surface area contributed by atoms with Gasteiger partial charge in [0.1, 0.15) is 0 Å². The molecular formula is C30H33BrO4. The summed E-state index contributed by atoms with van der Waals surface area (Å²) in [6, 6.07) is 24.3. The summed E-state index contributed by atoms with van der Waals surface area (Å²) in [5.74, 6) is -0.882. The van der Waals surface area contributed by atoms with E-state index in [4.69, 9.17) is 18.9 Å². The minimum absolute atomic E-state index is 0.441. The summed E-state index contributed by atoms with van der Waals surface area (Å²) < 4.78 is 24.0. The fourth-order valence-corrected chi connectivity index (χ4v) is 5.29. The molecule has 0 aliphatic carbocycles. The quantitative estimate of drug-likeness (QED) is 0.305. The lowest BCUT2D eigenvalue weighted by Gasteiger charge is -2.22. The van der Waals surface area contributed by atoms with Crippen LogP contribution in [-0.4, -0.2) is 38.0 Å². The van der Waals surface area contributed by atoms with Gasteiger partial charge in [-0.25, -0.2) is 0 Å². The van der Waals surface area contributed by atoms with Gasteiger partial charge in [0, 0.05) is 17.3 Å². The van der Waals surface area contributed by atoms with Gasteiger partial charge in [0.25, 0.3) is 0 Å². The highest BCUT2D eigenvalue weighted by Gasteiger charge is 2.31. The first-order valence-corrected chi connectivity index (χ1v) is 13.2. The number of rotatable bonds is 8. The number of hydrogen-bond acceptors (Lipinski definition) is 4. The molecule has 2 saturated heterocycles. The maximum atomic E-state index is 5.73. The Labute approximate surface area is 216 Å². The third-order valence-corrected chi connectivity index (χ3v) is 7.46. The molecule has 0 spiro atoms. The normalized spacial score (nSPS) is 18.7. The summed E-state index contributed by atoms with van der Waals surface area (Å²) in [7, 11) is 0. The molecule has 2 heterocycles. The molecule has 0 aromatic heterocycles. The third kappa shape index (κ3) is 6.22. The standard InChI is InChI=1S/C30H33BrO4/c1-29(32-15-16-33-29)13-11-22-3-7-24(8-4-22)26-19-27(21-28(31)20-26)25-9-5-23(6-10-25)12-14-30(2)34-17-18-35-30/h3-10,19-21H,11-18H2,1-2H3. The van der Waals surface area contributed by atoms with E-state index in [2.05, 4.69) is 82.7 Å². The zero-order valence-electron chi connectivity index (χ0n) is 20.5. The fourth-order valence-electron chi connectivity index (χ4n) is 4.80. The van der Waals surface area contributed by atoms with Gasteiger partial charge in [-0.05, 0) is 78.3 Å². The highest BCUT2D eigenvalue weighted by Crippen LogP contribution is 2.32. The van der Waals surface area contributed by atoms with E-state index in [9.17, 15) is 0 Å². The van der Waals surface area contributed by atoms with Gasteiger partial charge in [-0.15, -0.1) is 0 Å². The van der Waals surface area contributed by atoms with Crippen LogP contribution in [0.2, 0.25) is 0 Å². The summed E-state index contributed by atoms with van der Waals surface area (Å²) in [6.45, 7) is 6.81. The van der Waals surface area contributed by atoms with Crippen LogP contribution in [0.4, 0.5) is 0 Å². The maximum Gasteiger partial charge on any atom is 0.166 e. The molecule has 0 N–H and O–H groups in total. The number of benzene rings is 3. The second-order valence-corrected chi connectivity index (χ2v) is 10.7. The van der Waals surface area contributed by atoms with Crippen molar-refractivity contribution >= 4 is 15.9 Å². The molecule has 0 unspecified atom stereocenters. The molecule has 2 aliphatic rings. The lowest BCUT2D eigenvalue weighted by Crippen LogP contribution is -2.26. The van der Waals surface area contributed by atoms with Crippen molar-refractivity contribution in [2.75, 3.05) is 26.4 Å². The summed E-state index contributed by atoms with van der Waals surface area (Å²) in [4.78, 5) is 0. The predicted octanol–water partition coefficient (Wildman–Crippen LogP) is 7.17. The van der Waals surface area contributed by atoms with Crippen LogP contribution >= 0.6 is 15.9 Å². The minimum atomic E-state index is -0.441. The second kappa shape index (κ2) is 10.5. The smallest absolute Gasteiger partial charge is 0.166 e. The average Bonchev–Trinajstić information content (AvgIpc) is 3.51. The molecule has 2 fully saturated rings. The Morgan fingerprint density at radius 1 is 0.571 bits per heavy atom. The molecule has 3 aromatic carbocycles. The Kier molecular flexibility index (Phi) is 7.42. The molecule has 5 rings (SSSR count). The van der Waals surface area contributed by atoms with E-state index < -0.39 is 11.6 Å². The Morgan fingerprint density at radius 3 is 1.31 bits per heavy atom. The molecule has 0 saturated carbocycles. The Morgan fingerprint density at radius 2 is 0.943 bits per heavy atom. The van der Waals surface area contributed by atoms with Crippen LogP contribution in [0.5, 0.6) is 0 Å². The Balaban J connectivity index is 1.26. The summed E-state index contributed by atoms with van der Waals surface area (Å²) in [5, 5.41) is 0. The molecule has 0 atom stereocenters. The van der Waals surface area contributed by atoms with Crippen LogP contribution in [0.15, 0.2) is 71.2 Å². The molecule has 0 radical (unpaired) electrons. The van der Waals surface area contributed by atoms with E-state index >= 15 is 0 Å². The Hall–Kier alpha value is -2.02. The van der Waals surface area contributed by atoms with E-state index in [-0.39, 0.29) is 0 Å². The van der Waals surface area contributed by atoms with Crippen LogP contribution in [-0.2, 0) is 31.8 Å². The maximum absolute atomic E-state index is 5.73. The van der Waals surface area contributed by atoms with Gasteiger partial charge in [0.15, 0.2) is 11.6 Å². The Bertz CT molecular complexity index is 1040. The van der Waals surface area contributed by atoms with Gasteiger partial charge in [0.2, 0.25) is 0 Å². The van der Waals surface area contributed by atoms with E-state index in [1.54, 1.807) is 0 Å². The molecule has 4 nitrogen and oxygen atoms in total. The average molecular weight is 537 g/mol.